The molecule has 1 aliphatic heterocycles. The van der Waals surface area contributed by atoms with Crippen LogP contribution >= 0.6 is 0 Å². The quantitative estimate of drug-likeness (QED) is 0.852. The second kappa shape index (κ2) is 7.04. The van der Waals surface area contributed by atoms with E-state index in [1.165, 1.54) is 17.7 Å². The molecule has 1 aliphatic rings. The van der Waals surface area contributed by atoms with Crippen LogP contribution in [0.1, 0.15) is 36.1 Å². The smallest absolute Gasteiger partial charge is 0.223 e. The summed E-state index contributed by atoms with van der Waals surface area (Å²) in [6.45, 7) is 2.80. The lowest BCUT2D eigenvalue weighted by atomic mass is 9.93. The molecule has 2 aromatic rings. The first-order chi connectivity index (χ1) is 11.6. The van der Waals surface area contributed by atoms with Crippen molar-refractivity contribution in [2.45, 2.75) is 32.2 Å². The van der Waals surface area contributed by atoms with Crippen molar-refractivity contribution in [3.63, 3.8) is 0 Å². The van der Waals surface area contributed by atoms with Crippen LogP contribution in [0.25, 0.3) is 0 Å². The van der Waals surface area contributed by atoms with E-state index in [0.29, 0.717) is 12.8 Å². The van der Waals surface area contributed by atoms with Gasteiger partial charge < -0.3 is 9.64 Å². The van der Waals surface area contributed by atoms with E-state index in [2.05, 4.69) is 13.0 Å². The largest absolute Gasteiger partial charge is 0.497 e. The first kappa shape index (κ1) is 16.5. The van der Waals surface area contributed by atoms with Gasteiger partial charge in [0.1, 0.15) is 11.6 Å². The van der Waals surface area contributed by atoms with Crippen molar-refractivity contribution in [1.29, 1.82) is 0 Å². The molecular weight excluding hydrogens is 305 g/mol. The zero-order valence-electron chi connectivity index (χ0n) is 14.1. The first-order valence-corrected chi connectivity index (χ1v) is 8.29. The van der Waals surface area contributed by atoms with Gasteiger partial charge in [-0.25, -0.2) is 4.39 Å². The van der Waals surface area contributed by atoms with Crippen LogP contribution in [0.3, 0.4) is 0 Å². The van der Waals surface area contributed by atoms with Crippen LogP contribution < -0.4 is 4.74 Å². The molecule has 0 N–H and O–H groups in total. The van der Waals surface area contributed by atoms with Gasteiger partial charge in [0.15, 0.2) is 0 Å². The summed E-state index contributed by atoms with van der Waals surface area (Å²) in [5.74, 6) is 0.710. The molecule has 0 bridgehead atoms. The molecule has 1 amide bonds. The average molecular weight is 327 g/mol. The number of hydrogen-bond donors (Lipinski definition) is 0. The van der Waals surface area contributed by atoms with E-state index < -0.39 is 0 Å². The van der Waals surface area contributed by atoms with Gasteiger partial charge in [-0.15, -0.1) is 0 Å². The van der Waals surface area contributed by atoms with E-state index in [1.54, 1.807) is 19.2 Å². The number of halogens is 1. The highest BCUT2D eigenvalue weighted by molar-refractivity contribution is 5.77. The Morgan fingerprint density at radius 3 is 2.71 bits per heavy atom. The highest BCUT2D eigenvalue weighted by Gasteiger charge is 2.27. The zero-order valence-corrected chi connectivity index (χ0v) is 14.1. The second-order valence-electron chi connectivity index (χ2n) is 6.20. The fourth-order valence-electron chi connectivity index (χ4n) is 3.31. The van der Waals surface area contributed by atoms with Crippen LogP contribution in [0.4, 0.5) is 4.39 Å². The Bertz CT molecular complexity index is 727. The Kier molecular flexibility index (Phi) is 4.84. The lowest BCUT2D eigenvalue weighted by Crippen LogP contribution is -2.38. The topological polar surface area (TPSA) is 29.5 Å². The third-order valence-corrected chi connectivity index (χ3v) is 4.75. The molecule has 0 aliphatic carbocycles. The van der Waals surface area contributed by atoms with Crippen LogP contribution in [0.15, 0.2) is 42.5 Å². The molecule has 3 rings (SSSR count). The molecule has 3 nitrogen and oxygen atoms in total. The van der Waals surface area contributed by atoms with E-state index in [-0.39, 0.29) is 17.8 Å². The Labute approximate surface area is 142 Å². The van der Waals surface area contributed by atoms with E-state index in [1.807, 2.05) is 17.0 Å². The van der Waals surface area contributed by atoms with Crippen molar-refractivity contribution in [2.75, 3.05) is 13.7 Å². The number of ether oxygens (including phenoxy) is 1. The molecule has 1 heterocycles. The zero-order chi connectivity index (χ0) is 17.1. The summed E-state index contributed by atoms with van der Waals surface area (Å²) < 4.78 is 18.2. The monoisotopic (exact) mass is 327 g/mol. The van der Waals surface area contributed by atoms with Crippen molar-refractivity contribution >= 4 is 5.91 Å². The fourth-order valence-corrected chi connectivity index (χ4v) is 3.31. The lowest BCUT2D eigenvalue weighted by molar-refractivity contribution is -0.133. The number of aryl methyl sites for hydroxylation is 1. The number of carbonyl (C=O) groups is 1. The number of rotatable bonds is 4. The molecule has 1 atom stereocenters. The first-order valence-electron chi connectivity index (χ1n) is 8.29. The predicted octanol–water partition coefficient (Wildman–Crippen LogP) is 3.91. The summed E-state index contributed by atoms with van der Waals surface area (Å²) in [6, 6.07) is 12.5. The van der Waals surface area contributed by atoms with Crippen LogP contribution in [-0.4, -0.2) is 24.5 Å². The van der Waals surface area contributed by atoms with E-state index >= 15 is 0 Å². The van der Waals surface area contributed by atoms with Gasteiger partial charge in [0.05, 0.1) is 13.2 Å². The number of benzene rings is 2. The van der Waals surface area contributed by atoms with E-state index in [4.69, 9.17) is 4.74 Å². The van der Waals surface area contributed by atoms with Gasteiger partial charge in [0.2, 0.25) is 5.91 Å². The summed E-state index contributed by atoms with van der Waals surface area (Å²) in [7, 11) is 1.65. The molecule has 126 valence electrons. The van der Waals surface area contributed by atoms with Crippen molar-refractivity contribution in [2.24, 2.45) is 0 Å². The van der Waals surface area contributed by atoms with Gasteiger partial charge in [-0.3, -0.25) is 4.79 Å². The fraction of sp³-hybridized carbons (Fsp3) is 0.350. The number of methoxy groups -OCH3 is 1. The number of fused-ring (bicyclic) bond motifs is 1. The molecule has 1 unspecified atom stereocenters. The summed E-state index contributed by atoms with van der Waals surface area (Å²) in [5, 5.41) is 0. The van der Waals surface area contributed by atoms with Crippen molar-refractivity contribution in [1.82, 2.24) is 4.90 Å². The lowest BCUT2D eigenvalue weighted by Gasteiger charge is -2.35. The Morgan fingerprint density at radius 2 is 2.00 bits per heavy atom. The van der Waals surface area contributed by atoms with Gasteiger partial charge in [-0.1, -0.05) is 18.2 Å². The number of hydrogen-bond acceptors (Lipinski definition) is 2. The normalized spacial score (nSPS) is 16.6. The maximum absolute atomic E-state index is 12.9. The number of amides is 1. The second-order valence-corrected chi connectivity index (χ2v) is 6.20. The summed E-state index contributed by atoms with van der Waals surface area (Å²) in [6.07, 6.45) is 1.94. The maximum Gasteiger partial charge on any atom is 0.223 e. The standard InChI is InChI=1S/C20H22FNO2/c1-14-19-13-18(24-2)9-6-16(19)11-12-22(14)20(23)10-5-15-3-7-17(21)8-4-15/h3-4,6-9,13-14H,5,10-12H2,1-2H3. The molecule has 0 spiro atoms. The molecule has 24 heavy (non-hydrogen) atoms. The third kappa shape index (κ3) is 3.42. The van der Waals surface area contributed by atoms with Crippen LogP contribution in [0.2, 0.25) is 0 Å². The Hall–Kier alpha value is -2.36. The van der Waals surface area contributed by atoms with E-state index in [9.17, 15) is 9.18 Å². The molecule has 0 saturated heterocycles. The van der Waals surface area contributed by atoms with Crippen LogP contribution in [0.5, 0.6) is 5.75 Å². The minimum absolute atomic E-state index is 0.0459. The number of carbonyl (C=O) groups excluding carboxylic acids is 1. The van der Waals surface area contributed by atoms with Crippen molar-refractivity contribution < 1.29 is 13.9 Å². The average Bonchev–Trinajstić information content (AvgIpc) is 2.61. The van der Waals surface area contributed by atoms with Crippen LogP contribution in [-0.2, 0) is 17.6 Å². The molecule has 0 radical (unpaired) electrons. The van der Waals surface area contributed by atoms with Gasteiger partial charge >= 0.3 is 0 Å². The maximum atomic E-state index is 12.9. The highest BCUT2D eigenvalue weighted by Crippen LogP contribution is 2.32. The van der Waals surface area contributed by atoms with Crippen molar-refractivity contribution in [3.05, 3.63) is 65.0 Å². The minimum Gasteiger partial charge on any atom is -0.497 e. The van der Waals surface area contributed by atoms with E-state index in [0.717, 1.165) is 29.8 Å². The van der Waals surface area contributed by atoms with Crippen molar-refractivity contribution in [3.8, 4) is 5.75 Å². The minimum atomic E-state index is -0.250. The van der Waals surface area contributed by atoms with Crippen LogP contribution in [0, 0.1) is 5.82 Å². The van der Waals surface area contributed by atoms with Gasteiger partial charge in [0, 0.05) is 13.0 Å². The molecule has 4 heteroatoms. The summed E-state index contributed by atoms with van der Waals surface area (Å²) in [4.78, 5) is 14.6. The SMILES string of the molecule is COc1ccc2c(c1)C(C)N(C(=O)CCc1ccc(F)cc1)CC2. The predicted molar refractivity (Wildman–Crippen MR) is 91.5 cm³/mol. The molecule has 0 fully saturated rings. The Morgan fingerprint density at radius 1 is 1.25 bits per heavy atom. The van der Waals surface area contributed by atoms with Gasteiger partial charge in [0.25, 0.3) is 0 Å². The molecular formula is C20H22FNO2. The molecule has 0 saturated carbocycles. The van der Waals surface area contributed by atoms with Gasteiger partial charge in [-0.2, -0.15) is 0 Å². The summed E-state index contributed by atoms with van der Waals surface area (Å²) in [5.41, 5.74) is 3.43. The third-order valence-electron chi connectivity index (χ3n) is 4.75. The van der Waals surface area contributed by atoms with Gasteiger partial charge in [-0.05, 0) is 60.7 Å². The molecule has 2 aromatic carbocycles. The highest BCUT2D eigenvalue weighted by atomic mass is 19.1. The molecule has 0 aromatic heterocycles. The summed E-state index contributed by atoms with van der Waals surface area (Å²) >= 11 is 0. The number of nitrogens with zero attached hydrogens (tertiary/aromatic N) is 1. The Balaban J connectivity index is 1.68.